The second-order valence-corrected chi connectivity index (χ2v) is 11.5. The number of pyridine rings is 1. The second kappa shape index (κ2) is 13.0. The standard InChI is InChI=1S/C33H39N5O5/c1-2-43-27-9-7-26(8-10-27)34-33(41)24-6-11-30(28(19-24)35-31(39)12-13-36-14-16-42-17-15-36)37-20-23-18-25(22-37)29-4-3-5-32(40)38(29)21-23/h3-11,19,23,25H,2,12-18,20-22H2,1H3,(H,34,41)(H,35,39)/t23-,25+/m1/s1. The number of aromatic nitrogens is 1. The molecule has 226 valence electrons. The van der Waals surface area contributed by atoms with Crippen LogP contribution < -0.4 is 25.8 Å². The maximum Gasteiger partial charge on any atom is 0.255 e. The zero-order valence-corrected chi connectivity index (χ0v) is 24.6. The number of piperidine rings is 1. The summed E-state index contributed by atoms with van der Waals surface area (Å²) in [5, 5.41) is 6.08. The van der Waals surface area contributed by atoms with E-state index in [0.717, 1.165) is 49.7 Å². The number of carbonyl (C=O) groups is 2. The van der Waals surface area contributed by atoms with Gasteiger partial charge in [-0.3, -0.25) is 19.3 Å². The molecule has 2 N–H and O–H groups in total. The number of amides is 2. The molecule has 0 spiro atoms. The first-order valence-corrected chi connectivity index (χ1v) is 15.2. The fourth-order valence-electron chi connectivity index (χ4n) is 6.45. The molecule has 4 heterocycles. The molecule has 2 fully saturated rings. The summed E-state index contributed by atoms with van der Waals surface area (Å²) < 4.78 is 12.8. The third-order valence-electron chi connectivity index (χ3n) is 8.54. The van der Waals surface area contributed by atoms with Gasteiger partial charge in [0.15, 0.2) is 0 Å². The van der Waals surface area contributed by atoms with Gasteiger partial charge in [-0.05, 0) is 67.8 Å². The largest absolute Gasteiger partial charge is 0.494 e. The van der Waals surface area contributed by atoms with Gasteiger partial charge in [-0.2, -0.15) is 0 Å². The molecule has 2 aromatic carbocycles. The van der Waals surface area contributed by atoms with Crippen LogP contribution in [0.1, 0.15) is 41.7 Å². The lowest BCUT2D eigenvalue weighted by Crippen LogP contribution is -2.47. The molecule has 10 nitrogen and oxygen atoms in total. The Balaban J connectivity index is 1.23. The van der Waals surface area contributed by atoms with E-state index >= 15 is 0 Å². The maximum absolute atomic E-state index is 13.3. The number of nitrogens with one attached hydrogen (secondary N) is 2. The molecule has 3 aliphatic rings. The highest BCUT2D eigenvalue weighted by molar-refractivity contribution is 6.06. The predicted octanol–water partition coefficient (Wildman–Crippen LogP) is 3.78. The summed E-state index contributed by atoms with van der Waals surface area (Å²) in [6.07, 6.45) is 1.38. The summed E-state index contributed by atoms with van der Waals surface area (Å²) in [7, 11) is 0. The van der Waals surface area contributed by atoms with Crippen molar-refractivity contribution in [2.75, 3.05) is 68.1 Å². The van der Waals surface area contributed by atoms with E-state index in [4.69, 9.17) is 9.47 Å². The number of morpholine rings is 1. The summed E-state index contributed by atoms with van der Waals surface area (Å²) in [4.78, 5) is 43.6. The highest BCUT2D eigenvalue weighted by atomic mass is 16.5. The first-order valence-electron chi connectivity index (χ1n) is 15.2. The molecular formula is C33H39N5O5. The molecule has 0 aliphatic carbocycles. The molecule has 2 amide bonds. The zero-order chi connectivity index (χ0) is 29.8. The lowest BCUT2D eigenvalue weighted by molar-refractivity contribution is -0.116. The van der Waals surface area contributed by atoms with E-state index in [2.05, 4.69) is 26.5 Å². The van der Waals surface area contributed by atoms with Crippen molar-refractivity contribution in [3.63, 3.8) is 0 Å². The molecule has 43 heavy (non-hydrogen) atoms. The molecule has 2 saturated heterocycles. The monoisotopic (exact) mass is 585 g/mol. The van der Waals surface area contributed by atoms with Gasteiger partial charge >= 0.3 is 0 Å². The highest BCUT2D eigenvalue weighted by Crippen LogP contribution is 2.39. The van der Waals surface area contributed by atoms with Gasteiger partial charge in [0.1, 0.15) is 5.75 Å². The fourth-order valence-corrected chi connectivity index (χ4v) is 6.45. The normalized spacial score (nSPS) is 19.8. The number of carbonyl (C=O) groups excluding carboxylic acids is 2. The van der Waals surface area contributed by atoms with Gasteiger partial charge in [-0.25, -0.2) is 0 Å². The smallest absolute Gasteiger partial charge is 0.255 e. The number of ether oxygens (including phenoxy) is 2. The minimum atomic E-state index is -0.261. The van der Waals surface area contributed by atoms with Crippen LogP contribution in [0.5, 0.6) is 5.75 Å². The first-order chi connectivity index (χ1) is 21.0. The lowest BCUT2D eigenvalue weighted by atomic mass is 9.83. The minimum Gasteiger partial charge on any atom is -0.494 e. The van der Waals surface area contributed by atoms with Crippen molar-refractivity contribution in [2.45, 2.75) is 32.2 Å². The van der Waals surface area contributed by atoms with Crippen LogP contribution in [0, 0.1) is 5.92 Å². The Kier molecular flexibility index (Phi) is 8.76. The molecule has 2 atom stereocenters. The molecule has 1 aromatic heterocycles. The molecule has 6 rings (SSSR count). The lowest BCUT2D eigenvalue weighted by Gasteiger charge is -2.44. The summed E-state index contributed by atoms with van der Waals surface area (Å²) in [6, 6.07) is 18.3. The Labute approximate surface area is 251 Å². The van der Waals surface area contributed by atoms with E-state index in [9.17, 15) is 14.4 Å². The van der Waals surface area contributed by atoms with Gasteiger partial charge in [-0.1, -0.05) is 6.07 Å². The van der Waals surface area contributed by atoms with Crippen LogP contribution in [0.15, 0.2) is 65.5 Å². The predicted molar refractivity (Wildman–Crippen MR) is 166 cm³/mol. The average Bonchev–Trinajstić information content (AvgIpc) is 3.02. The number of benzene rings is 2. The Morgan fingerprint density at radius 1 is 0.977 bits per heavy atom. The SMILES string of the molecule is CCOc1ccc(NC(=O)c2ccc(N3C[C@H]4C[C@@H](C3)c3cccc(=O)n3C4)c(NC(=O)CCN3CCOCC3)c2)cc1. The maximum atomic E-state index is 13.3. The van der Waals surface area contributed by atoms with Crippen molar-refractivity contribution < 1.29 is 19.1 Å². The number of fused-ring (bicyclic) bond motifs is 4. The summed E-state index contributed by atoms with van der Waals surface area (Å²) >= 11 is 0. The van der Waals surface area contributed by atoms with Gasteiger partial charge in [-0.15, -0.1) is 0 Å². The third kappa shape index (κ3) is 6.76. The molecule has 2 bridgehead atoms. The van der Waals surface area contributed by atoms with Crippen LogP contribution in [-0.2, 0) is 16.1 Å². The van der Waals surface area contributed by atoms with Crippen molar-refractivity contribution in [2.24, 2.45) is 5.92 Å². The van der Waals surface area contributed by atoms with Crippen molar-refractivity contribution >= 4 is 28.9 Å². The van der Waals surface area contributed by atoms with Gasteiger partial charge in [0.25, 0.3) is 11.5 Å². The van der Waals surface area contributed by atoms with Crippen LogP contribution in [0.3, 0.4) is 0 Å². The topological polar surface area (TPSA) is 105 Å². The van der Waals surface area contributed by atoms with Crippen LogP contribution in [0.4, 0.5) is 17.1 Å². The van der Waals surface area contributed by atoms with Gasteiger partial charge < -0.3 is 29.6 Å². The zero-order valence-electron chi connectivity index (χ0n) is 24.6. The average molecular weight is 586 g/mol. The molecule has 0 radical (unpaired) electrons. The van der Waals surface area contributed by atoms with Crippen molar-refractivity contribution in [1.29, 1.82) is 0 Å². The molecule has 0 saturated carbocycles. The number of hydrogen-bond donors (Lipinski definition) is 2. The van der Waals surface area contributed by atoms with Crippen LogP contribution in [-0.4, -0.2) is 73.8 Å². The number of hydrogen-bond acceptors (Lipinski definition) is 7. The van der Waals surface area contributed by atoms with E-state index in [1.807, 2.05) is 41.8 Å². The Morgan fingerprint density at radius 3 is 2.58 bits per heavy atom. The summed E-state index contributed by atoms with van der Waals surface area (Å²) in [5.41, 5.74) is 3.74. The van der Waals surface area contributed by atoms with Crippen molar-refractivity contribution in [3.05, 3.63) is 82.3 Å². The first kappa shape index (κ1) is 28.9. The Hall–Kier alpha value is -4.15. The van der Waals surface area contributed by atoms with Crippen molar-refractivity contribution in [1.82, 2.24) is 9.47 Å². The van der Waals surface area contributed by atoms with Crippen molar-refractivity contribution in [3.8, 4) is 5.75 Å². The van der Waals surface area contributed by atoms with Crippen LogP contribution in [0.2, 0.25) is 0 Å². The fraction of sp³-hybridized carbons (Fsp3) is 0.424. The summed E-state index contributed by atoms with van der Waals surface area (Å²) in [6.45, 7) is 8.35. The van der Waals surface area contributed by atoms with E-state index in [1.165, 1.54) is 0 Å². The van der Waals surface area contributed by atoms with E-state index in [0.29, 0.717) is 62.2 Å². The van der Waals surface area contributed by atoms with E-state index < -0.39 is 0 Å². The number of anilines is 3. The molecular weight excluding hydrogens is 546 g/mol. The Morgan fingerprint density at radius 2 is 1.79 bits per heavy atom. The van der Waals surface area contributed by atoms with Gasteiger partial charge in [0.2, 0.25) is 5.91 Å². The van der Waals surface area contributed by atoms with Gasteiger partial charge in [0.05, 0.1) is 31.2 Å². The Bertz CT molecular complexity index is 1510. The number of rotatable bonds is 9. The second-order valence-electron chi connectivity index (χ2n) is 11.5. The molecule has 10 heteroatoms. The van der Waals surface area contributed by atoms with Crippen LogP contribution in [0.25, 0.3) is 0 Å². The third-order valence-corrected chi connectivity index (χ3v) is 8.54. The van der Waals surface area contributed by atoms with Crippen LogP contribution >= 0.6 is 0 Å². The quantitative estimate of drug-likeness (QED) is 0.394. The van der Waals surface area contributed by atoms with Gasteiger partial charge in [0, 0.05) is 74.6 Å². The minimum absolute atomic E-state index is 0.0526. The molecule has 0 unspecified atom stereocenters. The summed E-state index contributed by atoms with van der Waals surface area (Å²) in [5.74, 6) is 0.924. The highest BCUT2D eigenvalue weighted by Gasteiger charge is 2.35. The molecule has 3 aliphatic heterocycles. The van der Waals surface area contributed by atoms with E-state index in [1.54, 1.807) is 24.3 Å². The number of nitrogens with zero attached hydrogens (tertiary/aromatic N) is 3. The molecule has 3 aromatic rings. The van der Waals surface area contributed by atoms with E-state index in [-0.39, 0.29) is 23.3 Å².